The fourth-order valence-corrected chi connectivity index (χ4v) is 4.82. The SMILES string of the molecule is CN=C(NCC1CCN(C2CC2)C1)NCC(c1cccc(OC)c1)N1CCCC1. The number of aliphatic imine (C=N–C) groups is 1. The van der Waals surface area contributed by atoms with Crippen LogP contribution in [0, 0.1) is 5.92 Å². The maximum absolute atomic E-state index is 5.46. The Bertz CT molecular complexity index is 684. The molecule has 1 aliphatic carbocycles. The summed E-state index contributed by atoms with van der Waals surface area (Å²) in [4.78, 5) is 9.74. The highest BCUT2D eigenvalue weighted by Gasteiger charge is 2.34. The van der Waals surface area contributed by atoms with Gasteiger partial charge in [0.15, 0.2) is 5.96 Å². The zero-order valence-corrected chi connectivity index (χ0v) is 18.1. The Labute approximate surface area is 175 Å². The van der Waals surface area contributed by atoms with Crippen molar-refractivity contribution in [2.45, 2.75) is 44.2 Å². The predicted octanol–water partition coefficient (Wildman–Crippen LogP) is 2.48. The quantitative estimate of drug-likeness (QED) is 0.520. The maximum Gasteiger partial charge on any atom is 0.191 e. The molecule has 2 heterocycles. The molecule has 6 heteroatoms. The van der Waals surface area contributed by atoms with Gasteiger partial charge in [0.2, 0.25) is 0 Å². The van der Waals surface area contributed by atoms with Gasteiger partial charge in [-0.2, -0.15) is 0 Å². The lowest BCUT2D eigenvalue weighted by molar-refractivity contribution is 0.245. The predicted molar refractivity (Wildman–Crippen MR) is 119 cm³/mol. The van der Waals surface area contributed by atoms with Gasteiger partial charge in [-0.05, 0) is 75.4 Å². The lowest BCUT2D eigenvalue weighted by atomic mass is 10.1. The molecule has 0 radical (unpaired) electrons. The number of rotatable bonds is 8. The van der Waals surface area contributed by atoms with E-state index >= 15 is 0 Å². The lowest BCUT2D eigenvalue weighted by Crippen LogP contribution is -2.44. The topological polar surface area (TPSA) is 52.1 Å². The molecule has 160 valence electrons. The minimum absolute atomic E-state index is 0.336. The summed E-state index contributed by atoms with van der Waals surface area (Å²) >= 11 is 0. The molecule has 2 unspecified atom stereocenters. The van der Waals surface area contributed by atoms with E-state index in [1.165, 1.54) is 50.8 Å². The number of benzene rings is 1. The number of likely N-dealkylation sites (tertiary alicyclic amines) is 2. The van der Waals surface area contributed by atoms with E-state index in [-0.39, 0.29) is 0 Å². The third-order valence-corrected chi connectivity index (χ3v) is 6.69. The monoisotopic (exact) mass is 399 g/mol. The minimum atomic E-state index is 0.336. The van der Waals surface area contributed by atoms with Crippen LogP contribution in [0.25, 0.3) is 0 Å². The molecule has 2 aliphatic heterocycles. The van der Waals surface area contributed by atoms with Gasteiger partial charge in [0.25, 0.3) is 0 Å². The molecule has 29 heavy (non-hydrogen) atoms. The lowest BCUT2D eigenvalue weighted by Gasteiger charge is -2.29. The molecule has 0 bridgehead atoms. The number of hydrogen-bond donors (Lipinski definition) is 2. The van der Waals surface area contributed by atoms with Crippen molar-refractivity contribution in [2.24, 2.45) is 10.9 Å². The molecule has 6 nitrogen and oxygen atoms in total. The van der Waals surface area contributed by atoms with Crippen molar-refractivity contribution in [1.29, 1.82) is 0 Å². The van der Waals surface area contributed by atoms with E-state index in [2.05, 4.69) is 43.6 Å². The summed E-state index contributed by atoms with van der Waals surface area (Å²) in [5.41, 5.74) is 1.31. The molecule has 2 saturated heterocycles. The number of nitrogens with one attached hydrogen (secondary N) is 2. The van der Waals surface area contributed by atoms with Crippen LogP contribution in [0.1, 0.15) is 43.7 Å². The van der Waals surface area contributed by atoms with Crippen LogP contribution in [0.2, 0.25) is 0 Å². The van der Waals surface area contributed by atoms with Crippen molar-refractivity contribution in [3.8, 4) is 5.75 Å². The second-order valence-corrected chi connectivity index (χ2v) is 8.75. The summed E-state index contributed by atoms with van der Waals surface area (Å²) in [6, 6.07) is 9.73. The van der Waals surface area contributed by atoms with Crippen LogP contribution < -0.4 is 15.4 Å². The molecule has 0 spiro atoms. The van der Waals surface area contributed by atoms with Gasteiger partial charge in [-0.1, -0.05) is 12.1 Å². The summed E-state index contributed by atoms with van der Waals surface area (Å²) < 4.78 is 5.46. The molecular weight excluding hydrogens is 362 g/mol. The summed E-state index contributed by atoms with van der Waals surface area (Å²) in [6.45, 7) is 6.70. The Morgan fingerprint density at radius 1 is 1.17 bits per heavy atom. The normalized spacial score (nSPS) is 24.6. The molecule has 3 fully saturated rings. The second-order valence-electron chi connectivity index (χ2n) is 8.75. The molecule has 4 rings (SSSR count). The molecule has 1 saturated carbocycles. The van der Waals surface area contributed by atoms with Crippen LogP contribution in [0.4, 0.5) is 0 Å². The number of nitrogens with zero attached hydrogens (tertiary/aromatic N) is 3. The van der Waals surface area contributed by atoms with Crippen molar-refractivity contribution in [3.63, 3.8) is 0 Å². The third kappa shape index (κ3) is 5.43. The van der Waals surface area contributed by atoms with E-state index in [1.807, 2.05) is 13.1 Å². The minimum Gasteiger partial charge on any atom is -0.497 e. The van der Waals surface area contributed by atoms with Crippen molar-refractivity contribution >= 4 is 5.96 Å². The molecule has 3 aliphatic rings. The van der Waals surface area contributed by atoms with Crippen LogP contribution in [0.3, 0.4) is 0 Å². The first-order valence-corrected chi connectivity index (χ1v) is 11.3. The molecule has 2 N–H and O–H groups in total. The van der Waals surface area contributed by atoms with Crippen LogP contribution in [-0.4, -0.2) is 75.2 Å². The molecule has 1 aromatic carbocycles. The first-order chi connectivity index (χ1) is 14.3. The Kier molecular flexibility index (Phi) is 6.93. The van der Waals surface area contributed by atoms with Gasteiger partial charge in [0, 0.05) is 32.7 Å². The Morgan fingerprint density at radius 3 is 2.72 bits per heavy atom. The number of hydrogen-bond acceptors (Lipinski definition) is 4. The van der Waals surface area contributed by atoms with E-state index < -0.39 is 0 Å². The summed E-state index contributed by atoms with van der Waals surface area (Å²) in [7, 11) is 3.61. The van der Waals surface area contributed by atoms with Gasteiger partial charge in [-0.3, -0.25) is 9.89 Å². The molecule has 0 amide bonds. The maximum atomic E-state index is 5.46. The Morgan fingerprint density at radius 2 is 2.00 bits per heavy atom. The number of ether oxygens (including phenoxy) is 1. The van der Waals surface area contributed by atoms with Crippen LogP contribution in [-0.2, 0) is 0 Å². The highest BCUT2D eigenvalue weighted by atomic mass is 16.5. The Balaban J connectivity index is 1.31. The molecule has 0 aromatic heterocycles. The van der Waals surface area contributed by atoms with Crippen molar-refractivity contribution in [1.82, 2.24) is 20.4 Å². The molecule has 1 aromatic rings. The fourth-order valence-electron chi connectivity index (χ4n) is 4.82. The van der Waals surface area contributed by atoms with Crippen LogP contribution >= 0.6 is 0 Å². The van der Waals surface area contributed by atoms with E-state index in [0.29, 0.717) is 6.04 Å². The van der Waals surface area contributed by atoms with Gasteiger partial charge >= 0.3 is 0 Å². The second kappa shape index (κ2) is 9.81. The smallest absolute Gasteiger partial charge is 0.191 e. The highest BCUT2D eigenvalue weighted by molar-refractivity contribution is 5.79. The third-order valence-electron chi connectivity index (χ3n) is 6.69. The Hall–Kier alpha value is -1.79. The largest absolute Gasteiger partial charge is 0.497 e. The molecular formula is C23H37N5O. The average molecular weight is 400 g/mol. The van der Waals surface area contributed by atoms with Gasteiger partial charge in [0.1, 0.15) is 5.75 Å². The molecule has 2 atom stereocenters. The number of guanidine groups is 1. The van der Waals surface area contributed by atoms with Crippen LogP contribution in [0.5, 0.6) is 5.75 Å². The summed E-state index contributed by atoms with van der Waals surface area (Å²) in [6.07, 6.45) is 6.69. The van der Waals surface area contributed by atoms with Crippen LogP contribution in [0.15, 0.2) is 29.3 Å². The van der Waals surface area contributed by atoms with Gasteiger partial charge in [-0.25, -0.2) is 0 Å². The van der Waals surface area contributed by atoms with E-state index in [4.69, 9.17) is 4.74 Å². The number of methoxy groups -OCH3 is 1. The van der Waals surface area contributed by atoms with Gasteiger partial charge < -0.3 is 20.3 Å². The zero-order valence-electron chi connectivity index (χ0n) is 18.1. The van der Waals surface area contributed by atoms with Crippen molar-refractivity contribution in [2.75, 3.05) is 53.4 Å². The average Bonchev–Trinajstić information content (AvgIpc) is 3.26. The zero-order chi connectivity index (χ0) is 20.1. The summed E-state index contributed by atoms with van der Waals surface area (Å²) in [5, 5.41) is 7.18. The van der Waals surface area contributed by atoms with Crippen molar-refractivity contribution < 1.29 is 4.74 Å². The van der Waals surface area contributed by atoms with Gasteiger partial charge in [-0.15, -0.1) is 0 Å². The van der Waals surface area contributed by atoms with E-state index in [0.717, 1.165) is 49.8 Å². The fraction of sp³-hybridized carbons (Fsp3) is 0.696. The standard InChI is InChI=1S/C23H37N5O/c1-24-23(25-15-18-10-13-28(17-18)20-8-9-20)26-16-22(27-11-3-4-12-27)19-6-5-7-21(14-19)29-2/h5-7,14,18,20,22H,3-4,8-13,15-17H2,1-2H3,(H2,24,25,26). The van der Waals surface area contributed by atoms with Gasteiger partial charge in [0.05, 0.1) is 13.2 Å². The van der Waals surface area contributed by atoms with Crippen molar-refractivity contribution in [3.05, 3.63) is 29.8 Å². The van der Waals surface area contributed by atoms with E-state index in [1.54, 1.807) is 7.11 Å². The first kappa shape index (κ1) is 20.5. The first-order valence-electron chi connectivity index (χ1n) is 11.3. The van der Waals surface area contributed by atoms with E-state index in [9.17, 15) is 0 Å². The summed E-state index contributed by atoms with van der Waals surface area (Å²) in [5.74, 6) is 2.58. The highest BCUT2D eigenvalue weighted by Crippen LogP contribution is 2.31.